The smallest absolute Gasteiger partial charge is 0.410 e. The lowest BCUT2D eigenvalue weighted by molar-refractivity contribution is -0.163. The summed E-state index contributed by atoms with van der Waals surface area (Å²) in [6.45, 7) is 9.68. The minimum Gasteiger partial charge on any atom is -0.466 e. The molecule has 0 radical (unpaired) electrons. The lowest BCUT2D eigenvalue weighted by Gasteiger charge is -2.63. The SMILES string of the molecule is CCOC(=O)CC1(CN)CC2(CN(C(=O)OC(C)(C)C)C2)C1. The highest BCUT2D eigenvalue weighted by molar-refractivity contribution is 5.71. The van der Waals surface area contributed by atoms with Gasteiger partial charge in [0.15, 0.2) is 0 Å². The first-order valence-corrected chi connectivity index (χ1v) is 7.96. The van der Waals surface area contributed by atoms with E-state index in [0.717, 1.165) is 12.8 Å². The summed E-state index contributed by atoms with van der Waals surface area (Å²) < 4.78 is 10.4. The molecule has 0 aromatic rings. The standard InChI is InChI=1S/C16H28N2O4/c1-5-21-12(19)6-15(9-17)7-16(8-15)10-18(11-16)13(20)22-14(2,3)4/h5-11,17H2,1-4H3. The highest BCUT2D eigenvalue weighted by atomic mass is 16.6. The molecule has 0 aromatic carbocycles. The van der Waals surface area contributed by atoms with Gasteiger partial charge in [-0.2, -0.15) is 0 Å². The lowest BCUT2D eigenvalue weighted by atomic mass is 9.48. The van der Waals surface area contributed by atoms with Crippen LogP contribution in [0.1, 0.15) is 47.0 Å². The van der Waals surface area contributed by atoms with E-state index in [2.05, 4.69) is 0 Å². The number of hydrogen-bond donors (Lipinski definition) is 1. The normalized spacial score (nSPS) is 21.8. The van der Waals surface area contributed by atoms with Crippen LogP contribution in [0.5, 0.6) is 0 Å². The zero-order valence-corrected chi connectivity index (χ0v) is 14.1. The van der Waals surface area contributed by atoms with Crippen LogP contribution in [0.2, 0.25) is 0 Å². The van der Waals surface area contributed by atoms with Gasteiger partial charge >= 0.3 is 12.1 Å². The van der Waals surface area contributed by atoms with Gasteiger partial charge in [0, 0.05) is 18.5 Å². The monoisotopic (exact) mass is 312 g/mol. The number of hydrogen-bond acceptors (Lipinski definition) is 5. The van der Waals surface area contributed by atoms with Gasteiger partial charge in [0.25, 0.3) is 0 Å². The molecule has 1 heterocycles. The van der Waals surface area contributed by atoms with Crippen LogP contribution in [0.4, 0.5) is 4.79 Å². The minimum atomic E-state index is -0.468. The Morgan fingerprint density at radius 1 is 1.23 bits per heavy atom. The van der Waals surface area contributed by atoms with Crippen molar-refractivity contribution in [2.24, 2.45) is 16.6 Å². The van der Waals surface area contributed by atoms with Crippen LogP contribution in [0.25, 0.3) is 0 Å². The maximum Gasteiger partial charge on any atom is 0.410 e. The number of carbonyl (C=O) groups is 2. The summed E-state index contributed by atoms with van der Waals surface area (Å²) in [5, 5.41) is 0. The third kappa shape index (κ3) is 3.54. The van der Waals surface area contributed by atoms with Gasteiger partial charge in [-0.1, -0.05) is 0 Å². The Kier molecular flexibility index (Phi) is 4.44. The summed E-state index contributed by atoms with van der Waals surface area (Å²) in [4.78, 5) is 25.4. The molecule has 1 spiro atoms. The van der Waals surface area contributed by atoms with Gasteiger partial charge in [-0.3, -0.25) is 4.79 Å². The fourth-order valence-electron chi connectivity index (χ4n) is 3.84. The maximum atomic E-state index is 12.0. The molecule has 1 saturated carbocycles. The highest BCUT2D eigenvalue weighted by Crippen LogP contribution is 2.60. The Labute approximate surface area is 132 Å². The summed E-state index contributed by atoms with van der Waals surface area (Å²) >= 11 is 0. The molecule has 1 aliphatic carbocycles. The quantitative estimate of drug-likeness (QED) is 0.802. The van der Waals surface area contributed by atoms with Gasteiger partial charge in [0.05, 0.1) is 13.0 Å². The average molecular weight is 312 g/mol. The highest BCUT2D eigenvalue weighted by Gasteiger charge is 2.61. The van der Waals surface area contributed by atoms with Crippen LogP contribution < -0.4 is 5.73 Å². The Morgan fingerprint density at radius 3 is 2.27 bits per heavy atom. The number of esters is 1. The summed E-state index contributed by atoms with van der Waals surface area (Å²) in [7, 11) is 0. The number of nitrogens with zero attached hydrogens (tertiary/aromatic N) is 1. The molecule has 6 nitrogen and oxygen atoms in total. The zero-order valence-electron chi connectivity index (χ0n) is 14.1. The second-order valence-corrected chi connectivity index (χ2v) is 7.88. The van der Waals surface area contributed by atoms with Crippen LogP contribution in [0.3, 0.4) is 0 Å². The van der Waals surface area contributed by atoms with Crippen molar-refractivity contribution in [3.05, 3.63) is 0 Å². The van der Waals surface area contributed by atoms with Crippen molar-refractivity contribution in [3.63, 3.8) is 0 Å². The maximum absolute atomic E-state index is 12.0. The predicted molar refractivity (Wildman–Crippen MR) is 82.2 cm³/mol. The molecule has 2 N–H and O–H groups in total. The van der Waals surface area contributed by atoms with Crippen LogP contribution in [0.15, 0.2) is 0 Å². The van der Waals surface area contributed by atoms with E-state index in [1.807, 2.05) is 20.8 Å². The second-order valence-electron chi connectivity index (χ2n) is 7.88. The van der Waals surface area contributed by atoms with Crippen LogP contribution in [-0.2, 0) is 14.3 Å². The van der Waals surface area contributed by atoms with Gasteiger partial charge in [-0.15, -0.1) is 0 Å². The van der Waals surface area contributed by atoms with Gasteiger partial charge in [-0.25, -0.2) is 4.79 Å². The van der Waals surface area contributed by atoms with Gasteiger partial charge in [0.2, 0.25) is 0 Å². The molecule has 6 heteroatoms. The first-order chi connectivity index (χ1) is 10.1. The van der Waals surface area contributed by atoms with Crippen molar-refractivity contribution in [1.82, 2.24) is 4.90 Å². The van der Waals surface area contributed by atoms with Crippen molar-refractivity contribution in [2.75, 3.05) is 26.2 Å². The molecule has 0 unspecified atom stereocenters. The van der Waals surface area contributed by atoms with Crippen molar-refractivity contribution in [3.8, 4) is 0 Å². The molecular formula is C16H28N2O4. The van der Waals surface area contributed by atoms with Crippen LogP contribution in [-0.4, -0.2) is 48.8 Å². The van der Waals surface area contributed by atoms with Crippen molar-refractivity contribution >= 4 is 12.1 Å². The van der Waals surface area contributed by atoms with Crippen LogP contribution >= 0.6 is 0 Å². The third-order valence-corrected chi connectivity index (χ3v) is 4.46. The molecule has 1 saturated heterocycles. The Bertz CT molecular complexity index is 442. The number of carbonyl (C=O) groups excluding carboxylic acids is 2. The topological polar surface area (TPSA) is 81.9 Å². The van der Waals surface area contributed by atoms with E-state index in [0.29, 0.717) is 32.7 Å². The molecule has 2 aliphatic rings. The lowest BCUT2D eigenvalue weighted by Crippen LogP contribution is -2.68. The molecule has 0 atom stereocenters. The first kappa shape index (κ1) is 17.1. The van der Waals surface area contributed by atoms with Gasteiger partial charge < -0.3 is 20.1 Å². The number of nitrogens with two attached hydrogens (primary N) is 1. The van der Waals surface area contributed by atoms with E-state index in [1.54, 1.807) is 11.8 Å². The molecule has 1 amide bonds. The molecule has 2 fully saturated rings. The van der Waals surface area contributed by atoms with Crippen LogP contribution in [0, 0.1) is 10.8 Å². The van der Waals surface area contributed by atoms with E-state index in [4.69, 9.17) is 15.2 Å². The first-order valence-electron chi connectivity index (χ1n) is 7.96. The van der Waals surface area contributed by atoms with Gasteiger partial charge in [-0.05, 0) is 52.5 Å². The van der Waals surface area contributed by atoms with E-state index in [-0.39, 0.29) is 22.9 Å². The molecule has 0 bridgehead atoms. The number of ether oxygens (including phenoxy) is 2. The summed E-state index contributed by atoms with van der Waals surface area (Å²) in [6, 6.07) is 0. The van der Waals surface area contributed by atoms with Gasteiger partial charge in [0.1, 0.15) is 5.60 Å². The third-order valence-electron chi connectivity index (χ3n) is 4.46. The molecule has 22 heavy (non-hydrogen) atoms. The zero-order chi connectivity index (χ0) is 16.6. The summed E-state index contributed by atoms with van der Waals surface area (Å²) in [5.41, 5.74) is 5.39. The Balaban J connectivity index is 1.81. The predicted octanol–water partition coefficient (Wildman–Crippen LogP) is 1.92. The number of amides is 1. The molecule has 0 aromatic heterocycles. The fraction of sp³-hybridized carbons (Fsp3) is 0.875. The summed E-state index contributed by atoms with van der Waals surface area (Å²) in [6.07, 6.45) is 1.89. The Morgan fingerprint density at radius 2 is 1.82 bits per heavy atom. The van der Waals surface area contributed by atoms with E-state index < -0.39 is 5.60 Å². The van der Waals surface area contributed by atoms with Crippen molar-refractivity contribution in [1.29, 1.82) is 0 Å². The second kappa shape index (κ2) is 5.72. The van der Waals surface area contributed by atoms with Crippen molar-refractivity contribution < 1.29 is 19.1 Å². The average Bonchev–Trinajstić information content (AvgIpc) is 2.28. The van der Waals surface area contributed by atoms with E-state index in [1.165, 1.54) is 0 Å². The molecule has 1 aliphatic heterocycles. The molecule has 126 valence electrons. The molecular weight excluding hydrogens is 284 g/mol. The van der Waals surface area contributed by atoms with E-state index in [9.17, 15) is 9.59 Å². The van der Waals surface area contributed by atoms with Crippen molar-refractivity contribution in [2.45, 2.75) is 52.6 Å². The number of rotatable bonds is 4. The minimum absolute atomic E-state index is 0.128. The Hall–Kier alpha value is -1.30. The summed E-state index contributed by atoms with van der Waals surface area (Å²) in [5.74, 6) is -0.175. The van der Waals surface area contributed by atoms with E-state index >= 15 is 0 Å². The largest absolute Gasteiger partial charge is 0.466 e. The molecule has 2 rings (SSSR count). The number of likely N-dealkylation sites (tertiary alicyclic amines) is 1. The fourth-order valence-corrected chi connectivity index (χ4v) is 3.84.